The molecule has 0 fully saturated rings. The van der Waals surface area contributed by atoms with Crippen molar-refractivity contribution < 1.29 is 9.59 Å². The first kappa shape index (κ1) is 24.9. The Kier molecular flexibility index (Phi) is 8.29. The number of hydrogen-bond acceptors (Lipinski definition) is 3. The van der Waals surface area contributed by atoms with Gasteiger partial charge in [0.1, 0.15) is 5.82 Å². The minimum Gasteiger partial charge on any atom is -0.333 e. The standard InChI is InChI=1S/C30H32N4O2/c1-23(2)21-33(30(36)19-18-24-12-6-3-7-13-24)22-29(35)31-28-20-27(25-14-8-4-9-15-25)32-34(28)26-16-10-5-11-17-26/h3-17,20,23H,18-19,21-22H2,1-2H3,(H,31,35). The number of anilines is 1. The number of rotatable bonds is 10. The van der Waals surface area contributed by atoms with Crippen molar-refractivity contribution in [1.82, 2.24) is 14.7 Å². The maximum absolute atomic E-state index is 13.2. The molecule has 0 atom stereocenters. The van der Waals surface area contributed by atoms with E-state index in [4.69, 9.17) is 5.10 Å². The fourth-order valence-electron chi connectivity index (χ4n) is 4.09. The summed E-state index contributed by atoms with van der Waals surface area (Å²) in [5, 5.41) is 7.75. The van der Waals surface area contributed by atoms with Gasteiger partial charge in [0.05, 0.1) is 17.9 Å². The largest absolute Gasteiger partial charge is 0.333 e. The SMILES string of the molecule is CC(C)CN(CC(=O)Nc1cc(-c2ccccc2)nn1-c1ccccc1)C(=O)CCc1ccccc1. The summed E-state index contributed by atoms with van der Waals surface area (Å²) in [4.78, 5) is 27.9. The van der Waals surface area contributed by atoms with Crippen LogP contribution in [0.4, 0.5) is 5.82 Å². The van der Waals surface area contributed by atoms with Gasteiger partial charge >= 0.3 is 0 Å². The summed E-state index contributed by atoms with van der Waals surface area (Å²) in [6.45, 7) is 4.61. The summed E-state index contributed by atoms with van der Waals surface area (Å²) >= 11 is 0. The lowest BCUT2D eigenvalue weighted by Gasteiger charge is -2.24. The molecule has 1 N–H and O–H groups in total. The Labute approximate surface area is 212 Å². The van der Waals surface area contributed by atoms with E-state index in [0.717, 1.165) is 22.5 Å². The Morgan fingerprint density at radius 2 is 1.50 bits per heavy atom. The third kappa shape index (κ3) is 6.69. The lowest BCUT2D eigenvalue weighted by Crippen LogP contribution is -2.40. The van der Waals surface area contributed by atoms with Crippen LogP contribution in [0.2, 0.25) is 0 Å². The first-order valence-electron chi connectivity index (χ1n) is 12.3. The fourth-order valence-corrected chi connectivity index (χ4v) is 4.09. The van der Waals surface area contributed by atoms with Crippen LogP contribution in [0, 0.1) is 5.92 Å². The number of hydrogen-bond donors (Lipinski definition) is 1. The van der Waals surface area contributed by atoms with E-state index in [1.807, 2.05) is 111 Å². The molecular formula is C30H32N4O2. The third-order valence-corrected chi connectivity index (χ3v) is 5.79. The van der Waals surface area contributed by atoms with Gasteiger partial charge in [0.15, 0.2) is 0 Å². The van der Waals surface area contributed by atoms with Gasteiger partial charge in [-0.25, -0.2) is 4.68 Å². The minimum absolute atomic E-state index is 0.00750. The molecule has 4 rings (SSSR count). The molecule has 0 saturated carbocycles. The second-order valence-corrected chi connectivity index (χ2v) is 9.23. The van der Waals surface area contributed by atoms with Crippen LogP contribution in [-0.4, -0.2) is 39.6 Å². The predicted octanol–water partition coefficient (Wildman–Crippen LogP) is 5.60. The molecule has 0 radical (unpaired) electrons. The molecule has 0 spiro atoms. The van der Waals surface area contributed by atoms with Gasteiger partial charge in [-0.1, -0.05) is 92.7 Å². The fraction of sp³-hybridized carbons (Fsp3) is 0.233. The highest BCUT2D eigenvalue weighted by Gasteiger charge is 2.20. The van der Waals surface area contributed by atoms with Crippen LogP contribution in [0.5, 0.6) is 0 Å². The second-order valence-electron chi connectivity index (χ2n) is 9.23. The first-order chi connectivity index (χ1) is 17.5. The van der Waals surface area contributed by atoms with Crippen LogP contribution in [-0.2, 0) is 16.0 Å². The van der Waals surface area contributed by atoms with E-state index in [9.17, 15) is 9.59 Å². The number of carbonyl (C=O) groups is 2. The second kappa shape index (κ2) is 12.0. The van der Waals surface area contributed by atoms with E-state index >= 15 is 0 Å². The Bertz CT molecular complexity index is 1270. The quantitative estimate of drug-likeness (QED) is 0.321. The van der Waals surface area contributed by atoms with Crippen molar-refractivity contribution in [2.45, 2.75) is 26.7 Å². The average molecular weight is 481 g/mol. The van der Waals surface area contributed by atoms with Crippen molar-refractivity contribution >= 4 is 17.6 Å². The van der Waals surface area contributed by atoms with Crippen molar-refractivity contribution in [3.63, 3.8) is 0 Å². The molecule has 0 bridgehead atoms. The van der Waals surface area contributed by atoms with Crippen molar-refractivity contribution in [3.8, 4) is 16.9 Å². The van der Waals surface area contributed by atoms with Gasteiger partial charge in [0.25, 0.3) is 0 Å². The average Bonchev–Trinajstić information content (AvgIpc) is 3.32. The molecule has 4 aromatic rings. The summed E-state index contributed by atoms with van der Waals surface area (Å²) in [5.74, 6) is 0.536. The molecule has 184 valence electrons. The Morgan fingerprint density at radius 3 is 2.14 bits per heavy atom. The highest BCUT2D eigenvalue weighted by atomic mass is 16.2. The van der Waals surface area contributed by atoms with Crippen LogP contribution >= 0.6 is 0 Å². The topological polar surface area (TPSA) is 67.2 Å². The Morgan fingerprint density at radius 1 is 0.889 bits per heavy atom. The lowest BCUT2D eigenvalue weighted by molar-refractivity contribution is -0.135. The molecule has 6 nitrogen and oxygen atoms in total. The first-order valence-corrected chi connectivity index (χ1v) is 12.3. The van der Waals surface area contributed by atoms with Gasteiger partial charge in [-0.15, -0.1) is 0 Å². The highest BCUT2D eigenvalue weighted by molar-refractivity contribution is 5.94. The number of benzene rings is 3. The van der Waals surface area contributed by atoms with E-state index < -0.39 is 0 Å². The third-order valence-electron chi connectivity index (χ3n) is 5.79. The van der Waals surface area contributed by atoms with Gasteiger partial charge < -0.3 is 10.2 Å². The van der Waals surface area contributed by atoms with Crippen molar-refractivity contribution in [2.75, 3.05) is 18.4 Å². The maximum Gasteiger partial charge on any atom is 0.245 e. The smallest absolute Gasteiger partial charge is 0.245 e. The number of nitrogens with one attached hydrogen (secondary N) is 1. The summed E-state index contributed by atoms with van der Waals surface area (Å²) in [7, 11) is 0. The van der Waals surface area contributed by atoms with Gasteiger partial charge in [-0.2, -0.15) is 5.10 Å². The molecule has 0 aliphatic carbocycles. The molecule has 3 aromatic carbocycles. The summed E-state index contributed by atoms with van der Waals surface area (Å²) < 4.78 is 1.73. The lowest BCUT2D eigenvalue weighted by atomic mass is 10.1. The molecule has 0 unspecified atom stereocenters. The van der Waals surface area contributed by atoms with E-state index in [0.29, 0.717) is 25.2 Å². The summed E-state index contributed by atoms with van der Waals surface area (Å²) in [5.41, 5.74) is 3.67. The van der Waals surface area contributed by atoms with E-state index in [1.54, 1.807) is 9.58 Å². The van der Waals surface area contributed by atoms with E-state index in [1.165, 1.54) is 0 Å². The van der Waals surface area contributed by atoms with Crippen molar-refractivity contribution in [1.29, 1.82) is 0 Å². The Balaban J connectivity index is 1.51. The number of amides is 2. The molecule has 36 heavy (non-hydrogen) atoms. The van der Waals surface area contributed by atoms with Crippen molar-refractivity contribution in [3.05, 3.63) is 103 Å². The molecule has 1 heterocycles. The number of carbonyl (C=O) groups excluding carboxylic acids is 2. The zero-order chi connectivity index (χ0) is 25.3. The molecule has 1 aromatic heterocycles. The van der Waals surface area contributed by atoms with E-state index in [2.05, 4.69) is 5.32 Å². The van der Waals surface area contributed by atoms with Crippen LogP contribution < -0.4 is 5.32 Å². The van der Waals surface area contributed by atoms with Gasteiger partial charge in [0.2, 0.25) is 11.8 Å². The van der Waals surface area contributed by atoms with E-state index in [-0.39, 0.29) is 24.3 Å². The molecule has 0 aliphatic rings. The predicted molar refractivity (Wildman–Crippen MR) is 144 cm³/mol. The number of para-hydroxylation sites is 1. The molecule has 0 aliphatic heterocycles. The number of aryl methyl sites for hydroxylation is 1. The molecule has 0 saturated heterocycles. The molecule has 2 amide bonds. The van der Waals surface area contributed by atoms with Crippen LogP contribution in [0.1, 0.15) is 25.8 Å². The van der Waals surface area contributed by atoms with Crippen LogP contribution in [0.3, 0.4) is 0 Å². The zero-order valence-electron chi connectivity index (χ0n) is 20.8. The monoisotopic (exact) mass is 480 g/mol. The van der Waals surface area contributed by atoms with Crippen molar-refractivity contribution in [2.24, 2.45) is 5.92 Å². The zero-order valence-corrected chi connectivity index (χ0v) is 20.8. The van der Waals surface area contributed by atoms with Gasteiger partial charge in [-0.05, 0) is 30.0 Å². The molecular weight excluding hydrogens is 448 g/mol. The normalized spacial score (nSPS) is 10.9. The number of nitrogens with zero attached hydrogens (tertiary/aromatic N) is 3. The Hall–Kier alpha value is -4.19. The highest BCUT2D eigenvalue weighted by Crippen LogP contribution is 2.24. The van der Waals surface area contributed by atoms with Crippen LogP contribution in [0.15, 0.2) is 97.1 Å². The van der Waals surface area contributed by atoms with Gasteiger partial charge in [-0.3, -0.25) is 9.59 Å². The number of aromatic nitrogens is 2. The molecule has 6 heteroatoms. The summed E-state index contributed by atoms with van der Waals surface area (Å²) in [6.07, 6.45) is 1.02. The minimum atomic E-state index is -0.250. The maximum atomic E-state index is 13.2. The summed E-state index contributed by atoms with van der Waals surface area (Å²) in [6, 6.07) is 31.3. The van der Waals surface area contributed by atoms with Crippen LogP contribution in [0.25, 0.3) is 16.9 Å². The van der Waals surface area contributed by atoms with Gasteiger partial charge in [0, 0.05) is 24.6 Å².